The number of nitrogens with two attached hydrogens (primary N) is 1. The second kappa shape index (κ2) is 8.68. The van der Waals surface area contributed by atoms with Crippen molar-refractivity contribution in [3.8, 4) is 17.2 Å². The molecule has 1 aliphatic heterocycles. The smallest absolute Gasteiger partial charge is 0.227 e. The lowest BCUT2D eigenvalue weighted by Crippen LogP contribution is -2.56. The molecule has 28 heavy (non-hydrogen) atoms. The first kappa shape index (κ1) is 21.8. The van der Waals surface area contributed by atoms with Gasteiger partial charge in [-0.05, 0) is 12.8 Å². The maximum atomic E-state index is 12.8. The van der Waals surface area contributed by atoms with Crippen LogP contribution in [-0.2, 0) is 9.59 Å². The standard InChI is InChI=1S/C20H31N3O5/c1-12(2)20(3,11-21)22-19(25)13-7-17(24)23(10-13)14-8-15(26-4)18(28-6)16(9-14)27-5/h8-9,12-13H,7,10-11,21H2,1-6H3,(H,22,25). The van der Waals surface area contributed by atoms with Crippen molar-refractivity contribution >= 4 is 17.5 Å². The lowest BCUT2D eigenvalue weighted by Gasteiger charge is -2.34. The Hall–Kier alpha value is -2.48. The highest BCUT2D eigenvalue weighted by Gasteiger charge is 2.39. The van der Waals surface area contributed by atoms with Crippen molar-refractivity contribution in [1.82, 2.24) is 5.32 Å². The molecule has 0 aliphatic carbocycles. The summed E-state index contributed by atoms with van der Waals surface area (Å²) in [7, 11) is 4.55. The number of nitrogens with zero attached hydrogens (tertiary/aromatic N) is 1. The van der Waals surface area contributed by atoms with Crippen molar-refractivity contribution < 1.29 is 23.8 Å². The molecule has 0 aromatic heterocycles. The van der Waals surface area contributed by atoms with Gasteiger partial charge in [0.15, 0.2) is 11.5 Å². The molecule has 0 saturated carbocycles. The van der Waals surface area contributed by atoms with Gasteiger partial charge in [0.05, 0.1) is 38.5 Å². The van der Waals surface area contributed by atoms with Crippen molar-refractivity contribution in [3.63, 3.8) is 0 Å². The molecule has 1 aromatic rings. The van der Waals surface area contributed by atoms with Gasteiger partial charge in [0.1, 0.15) is 0 Å². The highest BCUT2D eigenvalue weighted by atomic mass is 16.5. The van der Waals surface area contributed by atoms with Gasteiger partial charge in [-0.25, -0.2) is 0 Å². The van der Waals surface area contributed by atoms with Crippen LogP contribution < -0.4 is 30.2 Å². The summed E-state index contributed by atoms with van der Waals surface area (Å²) in [5, 5.41) is 3.03. The molecule has 3 N–H and O–H groups in total. The number of methoxy groups -OCH3 is 3. The molecule has 2 unspecified atom stereocenters. The molecule has 156 valence electrons. The van der Waals surface area contributed by atoms with Gasteiger partial charge in [-0.1, -0.05) is 13.8 Å². The van der Waals surface area contributed by atoms with Gasteiger partial charge in [-0.3, -0.25) is 9.59 Å². The first-order chi connectivity index (χ1) is 13.2. The SMILES string of the molecule is COc1cc(N2CC(C(=O)NC(C)(CN)C(C)C)CC2=O)cc(OC)c1OC. The quantitative estimate of drug-likeness (QED) is 0.695. The molecular weight excluding hydrogens is 362 g/mol. The van der Waals surface area contributed by atoms with E-state index >= 15 is 0 Å². The van der Waals surface area contributed by atoms with Crippen LogP contribution in [0.15, 0.2) is 12.1 Å². The third-order valence-corrected chi connectivity index (χ3v) is 5.56. The highest BCUT2D eigenvalue weighted by molar-refractivity contribution is 6.00. The Morgan fingerprint density at radius 2 is 1.82 bits per heavy atom. The Labute approximate surface area is 166 Å². The zero-order chi connectivity index (χ0) is 21.1. The number of nitrogens with one attached hydrogen (secondary N) is 1. The molecular formula is C20H31N3O5. The van der Waals surface area contributed by atoms with E-state index in [0.717, 1.165) is 0 Å². The molecule has 0 bridgehead atoms. The van der Waals surface area contributed by atoms with Gasteiger partial charge in [0.25, 0.3) is 0 Å². The first-order valence-corrected chi connectivity index (χ1v) is 9.33. The van der Waals surface area contributed by atoms with E-state index in [0.29, 0.717) is 29.5 Å². The predicted octanol–water partition coefficient (Wildman–Crippen LogP) is 1.55. The van der Waals surface area contributed by atoms with Crippen LogP contribution in [-0.4, -0.2) is 51.8 Å². The summed E-state index contributed by atoms with van der Waals surface area (Å²) >= 11 is 0. The summed E-state index contributed by atoms with van der Waals surface area (Å²) in [6.45, 7) is 6.54. The van der Waals surface area contributed by atoms with Crippen LogP contribution in [0.3, 0.4) is 0 Å². The third kappa shape index (κ3) is 4.16. The largest absolute Gasteiger partial charge is 0.493 e. The number of anilines is 1. The Morgan fingerprint density at radius 1 is 1.25 bits per heavy atom. The zero-order valence-corrected chi connectivity index (χ0v) is 17.5. The normalized spacial score (nSPS) is 18.8. The minimum atomic E-state index is -0.514. The molecule has 1 heterocycles. The van der Waals surface area contributed by atoms with Crippen molar-refractivity contribution in [2.45, 2.75) is 32.7 Å². The van der Waals surface area contributed by atoms with Crippen molar-refractivity contribution in [3.05, 3.63) is 12.1 Å². The fourth-order valence-electron chi connectivity index (χ4n) is 3.17. The monoisotopic (exact) mass is 393 g/mol. The van der Waals surface area contributed by atoms with Gasteiger partial charge in [-0.15, -0.1) is 0 Å². The van der Waals surface area contributed by atoms with Crippen LogP contribution in [0.25, 0.3) is 0 Å². The van der Waals surface area contributed by atoms with Gasteiger partial charge in [0.2, 0.25) is 17.6 Å². The van der Waals surface area contributed by atoms with Crippen molar-refractivity contribution in [1.29, 1.82) is 0 Å². The molecule has 8 nitrogen and oxygen atoms in total. The fourth-order valence-corrected chi connectivity index (χ4v) is 3.17. The van der Waals surface area contributed by atoms with Crippen molar-refractivity contribution in [2.75, 3.05) is 39.3 Å². The number of benzene rings is 1. The highest BCUT2D eigenvalue weighted by Crippen LogP contribution is 2.42. The Bertz CT molecular complexity index is 712. The van der Waals surface area contributed by atoms with E-state index in [-0.39, 0.29) is 30.7 Å². The van der Waals surface area contributed by atoms with E-state index in [4.69, 9.17) is 19.9 Å². The lowest BCUT2D eigenvalue weighted by atomic mass is 9.87. The Morgan fingerprint density at radius 3 is 2.25 bits per heavy atom. The number of carbonyl (C=O) groups is 2. The lowest BCUT2D eigenvalue weighted by molar-refractivity contribution is -0.128. The van der Waals surface area contributed by atoms with E-state index in [2.05, 4.69) is 5.32 Å². The zero-order valence-electron chi connectivity index (χ0n) is 17.5. The van der Waals surface area contributed by atoms with Gasteiger partial charge in [-0.2, -0.15) is 0 Å². The van der Waals surface area contributed by atoms with Crippen molar-refractivity contribution in [2.24, 2.45) is 17.6 Å². The van der Waals surface area contributed by atoms with Crippen LogP contribution in [0.4, 0.5) is 5.69 Å². The summed E-state index contributed by atoms with van der Waals surface area (Å²) < 4.78 is 16.0. The number of hydrogen-bond donors (Lipinski definition) is 2. The molecule has 1 aromatic carbocycles. The number of amides is 2. The average molecular weight is 393 g/mol. The minimum Gasteiger partial charge on any atom is -0.493 e. The van der Waals surface area contributed by atoms with E-state index in [1.807, 2.05) is 20.8 Å². The molecule has 1 fully saturated rings. The number of ether oxygens (including phenoxy) is 3. The molecule has 8 heteroatoms. The number of rotatable bonds is 8. The first-order valence-electron chi connectivity index (χ1n) is 9.33. The van der Waals surface area contributed by atoms with Gasteiger partial charge in [0, 0.05) is 31.6 Å². The summed E-state index contributed by atoms with van der Waals surface area (Å²) in [6.07, 6.45) is 0.140. The molecule has 0 radical (unpaired) electrons. The fraction of sp³-hybridized carbons (Fsp3) is 0.600. The third-order valence-electron chi connectivity index (χ3n) is 5.56. The predicted molar refractivity (Wildman–Crippen MR) is 107 cm³/mol. The maximum absolute atomic E-state index is 12.8. The summed E-state index contributed by atoms with van der Waals surface area (Å²) in [5.41, 5.74) is 5.94. The summed E-state index contributed by atoms with van der Waals surface area (Å²) in [4.78, 5) is 27.0. The molecule has 2 amide bonds. The van der Waals surface area contributed by atoms with Crippen LogP contribution >= 0.6 is 0 Å². The second-order valence-corrected chi connectivity index (χ2v) is 7.55. The molecule has 0 spiro atoms. The van der Waals surface area contributed by atoms with E-state index < -0.39 is 11.5 Å². The van der Waals surface area contributed by atoms with Crippen LogP contribution in [0, 0.1) is 11.8 Å². The summed E-state index contributed by atoms with van der Waals surface area (Å²) in [5.74, 6) is 0.783. The summed E-state index contributed by atoms with van der Waals surface area (Å²) in [6, 6.07) is 3.41. The molecule has 1 aliphatic rings. The van der Waals surface area contributed by atoms with Crippen LogP contribution in [0.5, 0.6) is 17.2 Å². The van der Waals surface area contributed by atoms with E-state index in [1.165, 1.54) is 21.3 Å². The maximum Gasteiger partial charge on any atom is 0.227 e. The topological polar surface area (TPSA) is 103 Å². The van der Waals surface area contributed by atoms with E-state index in [1.54, 1.807) is 17.0 Å². The molecule has 1 saturated heterocycles. The van der Waals surface area contributed by atoms with Crippen LogP contribution in [0.1, 0.15) is 27.2 Å². The number of hydrogen-bond acceptors (Lipinski definition) is 6. The number of carbonyl (C=O) groups excluding carboxylic acids is 2. The Kier molecular flexibility index (Phi) is 6.77. The second-order valence-electron chi connectivity index (χ2n) is 7.55. The van der Waals surface area contributed by atoms with Crippen LogP contribution in [0.2, 0.25) is 0 Å². The van der Waals surface area contributed by atoms with E-state index in [9.17, 15) is 9.59 Å². The van der Waals surface area contributed by atoms with Gasteiger partial charge >= 0.3 is 0 Å². The van der Waals surface area contributed by atoms with Gasteiger partial charge < -0.3 is 30.2 Å². The molecule has 2 rings (SSSR count). The molecule has 2 atom stereocenters. The minimum absolute atomic E-state index is 0.131. The Balaban J connectivity index is 2.24. The average Bonchev–Trinajstić information content (AvgIpc) is 3.08.